The molecular weight excluding hydrogens is 160 g/mol. The number of rotatable bonds is 2. The molecule has 0 spiro atoms. The van der Waals surface area contributed by atoms with Crippen LogP contribution in [0.3, 0.4) is 0 Å². The van der Waals surface area contributed by atoms with E-state index in [4.69, 9.17) is 6.42 Å². The van der Waals surface area contributed by atoms with Gasteiger partial charge >= 0.3 is 0 Å². The lowest BCUT2D eigenvalue weighted by Crippen LogP contribution is -2.45. The fraction of sp³-hybridized carbons (Fsp3) is 0.818. The van der Waals surface area contributed by atoms with Crippen LogP contribution in [-0.4, -0.2) is 36.6 Å². The van der Waals surface area contributed by atoms with Gasteiger partial charge in [-0.15, -0.1) is 6.42 Å². The summed E-state index contributed by atoms with van der Waals surface area (Å²) in [5.74, 6) is 2.65. The summed E-state index contributed by atoms with van der Waals surface area (Å²) in [5.41, 5.74) is 0. The number of piperidine rings is 1. The van der Waals surface area contributed by atoms with E-state index in [0.717, 1.165) is 12.6 Å². The van der Waals surface area contributed by atoms with Crippen molar-refractivity contribution in [3.05, 3.63) is 0 Å². The van der Waals surface area contributed by atoms with E-state index in [9.17, 15) is 0 Å². The van der Waals surface area contributed by atoms with Gasteiger partial charge in [0.15, 0.2) is 0 Å². The Morgan fingerprint density at radius 3 is 3.15 bits per heavy atom. The summed E-state index contributed by atoms with van der Waals surface area (Å²) in [7, 11) is 0. The number of fused-ring (bicyclic) bond motifs is 1. The smallest absolute Gasteiger partial charge is 0.0575 e. The molecule has 2 nitrogen and oxygen atoms in total. The molecule has 2 aliphatic rings. The van der Waals surface area contributed by atoms with Gasteiger partial charge in [-0.1, -0.05) is 5.92 Å². The third-order valence-corrected chi connectivity index (χ3v) is 3.31. The van der Waals surface area contributed by atoms with Crippen molar-refractivity contribution in [2.75, 3.05) is 19.6 Å². The van der Waals surface area contributed by atoms with Crippen molar-refractivity contribution < 1.29 is 0 Å². The van der Waals surface area contributed by atoms with Crippen molar-refractivity contribution >= 4 is 0 Å². The molecule has 2 heterocycles. The fourth-order valence-corrected chi connectivity index (χ4v) is 2.61. The van der Waals surface area contributed by atoms with Crippen LogP contribution in [-0.2, 0) is 0 Å². The minimum atomic E-state index is 0.676. The zero-order valence-electron chi connectivity index (χ0n) is 8.13. The zero-order chi connectivity index (χ0) is 9.10. The highest BCUT2D eigenvalue weighted by molar-refractivity contribution is 4.93. The highest BCUT2D eigenvalue weighted by Crippen LogP contribution is 2.26. The quantitative estimate of drug-likeness (QED) is 0.630. The number of nitrogens with zero attached hydrogens (tertiary/aromatic N) is 1. The first-order valence-corrected chi connectivity index (χ1v) is 5.31. The fourth-order valence-electron chi connectivity index (χ4n) is 2.61. The highest BCUT2D eigenvalue weighted by atomic mass is 15.2. The summed E-state index contributed by atoms with van der Waals surface area (Å²) in [6.07, 6.45) is 10.6. The predicted octanol–water partition coefficient (Wildman–Crippen LogP) is 0.836. The molecule has 2 unspecified atom stereocenters. The summed E-state index contributed by atoms with van der Waals surface area (Å²) in [6.45, 7) is 3.33. The molecule has 2 heteroatoms. The van der Waals surface area contributed by atoms with E-state index in [0.29, 0.717) is 6.04 Å². The second-order valence-electron chi connectivity index (χ2n) is 4.14. The largest absolute Gasteiger partial charge is 0.303 e. The minimum absolute atomic E-state index is 0.676. The average Bonchev–Trinajstić information content (AvgIpc) is 2.61. The first-order valence-electron chi connectivity index (χ1n) is 5.31. The molecule has 2 rings (SSSR count). The zero-order valence-corrected chi connectivity index (χ0v) is 8.13. The third kappa shape index (κ3) is 2.04. The Bertz CT molecular complexity index is 207. The molecule has 13 heavy (non-hydrogen) atoms. The predicted molar refractivity (Wildman–Crippen MR) is 54.5 cm³/mol. The lowest BCUT2D eigenvalue weighted by molar-refractivity contribution is 0.169. The number of terminal acetylenes is 1. The van der Waals surface area contributed by atoms with Crippen LogP contribution in [0.15, 0.2) is 0 Å². The molecule has 1 N–H and O–H groups in total. The van der Waals surface area contributed by atoms with Crippen molar-refractivity contribution in [2.24, 2.45) is 0 Å². The Morgan fingerprint density at radius 2 is 2.31 bits per heavy atom. The van der Waals surface area contributed by atoms with Crippen LogP contribution in [0.4, 0.5) is 0 Å². The molecule has 0 aromatic carbocycles. The molecular formula is C11H18N2. The molecule has 2 atom stereocenters. The van der Waals surface area contributed by atoms with Gasteiger partial charge in [0.1, 0.15) is 0 Å². The molecule has 0 amide bonds. The van der Waals surface area contributed by atoms with Crippen molar-refractivity contribution in [1.82, 2.24) is 10.2 Å². The van der Waals surface area contributed by atoms with Crippen molar-refractivity contribution in [3.63, 3.8) is 0 Å². The van der Waals surface area contributed by atoms with Crippen LogP contribution < -0.4 is 5.32 Å². The van der Waals surface area contributed by atoms with Crippen LogP contribution in [0.1, 0.15) is 25.7 Å². The van der Waals surface area contributed by atoms with Gasteiger partial charge in [-0.3, -0.25) is 0 Å². The Balaban J connectivity index is 1.80. The lowest BCUT2D eigenvalue weighted by atomic mass is 9.98. The molecule has 0 aromatic heterocycles. The number of hydrogen-bond acceptors (Lipinski definition) is 2. The van der Waals surface area contributed by atoms with E-state index in [1.54, 1.807) is 0 Å². The van der Waals surface area contributed by atoms with Gasteiger partial charge < -0.3 is 10.2 Å². The van der Waals surface area contributed by atoms with Crippen molar-refractivity contribution in [2.45, 2.75) is 37.8 Å². The standard InChI is InChI=1S/C11H18N2/c1-2-6-12-10-5-8-13-7-3-4-11(13)9-10/h1,10-12H,3-9H2. The van der Waals surface area contributed by atoms with Crippen molar-refractivity contribution in [1.29, 1.82) is 0 Å². The summed E-state index contributed by atoms with van der Waals surface area (Å²) in [5, 5.41) is 3.42. The summed E-state index contributed by atoms with van der Waals surface area (Å²) in [6, 6.07) is 1.53. The topological polar surface area (TPSA) is 15.3 Å². The summed E-state index contributed by atoms with van der Waals surface area (Å²) in [4.78, 5) is 2.63. The second-order valence-corrected chi connectivity index (χ2v) is 4.14. The van der Waals surface area contributed by atoms with Gasteiger partial charge in [0.05, 0.1) is 6.54 Å². The maximum absolute atomic E-state index is 5.23. The summed E-state index contributed by atoms with van der Waals surface area (Å²) >= 11 is 0. The van der Waals surface area contributed by atoms with Gasteiger partial charge in [0.25, 0.3) is 0 Å². The Labute approximate surface area is 80.7 Å². The van der Waals surface area contributed by atoms with Gasteiger partial charge in [-0.25, -0.2) is 0 Å². The third-order valence-electron chi connectivity index (χ3n) is 3.31. The monoisotopic (exact) mass is 178 g/mol. The first-order chi connectivity index (χ1) is 6.40. The number of hydrogen-bond donors (Lipinski definition) is 1. The van der Waals surface area contributed by atoms with E-state index in [1.807, 2.05) is 0 Å². The van der Waals surface area contributed by atoms with Crippen LogP contribution in [0.5, 0.6) is 0 Å². The normalized spacial score (nSPS) is 34.1. The van der Waals surface area contributed by atoms with E-state index in [-0.39, 0.29) is 0 Å². The molecule has 2 fully saturated rings. The molecule has 0 radical (unpaired) electrons. The van der Waals surface area contributed by atoms with E-state index < -0.39 is 0 Å². The highest BCUT2D eigenvalue weighted by Gasteiger charge is 2.30. The van der Waals surface area contributed by atoms with Crippen LogP contribution >= 0.6 is 0 Å². The average molecular weight is 178 g/mol. The molecule has 2 aliphatic heterocycles. The van der Waals surface area contributed by atoms with Gasteiger partial charge in [-0.05, 0) is 38.8 Å². The van der Waals surface area contributed by atoms with Crippen LogP contribution in [0.25, 0.3) is 0 Å². The molecule has 0 saturated carbocycles. The SMILES string of the molecule is C#CCNC1CCN2CCCC2C1. The Kier molecular flexibility index (Phi) is 2.87. The molecule has 2 saturated heterocycles. The van der Waals surface area contributed by atoms with E-state index in [1.165, 1.54) is 38.8 Å². The van der Waals surface area contributed by atoms with E-state index in [2.05, 4.69) is 16.1 Å². The second kappa shape index (κ2) is 4.13. The maximum atomic E-state index is 5.23. The lowest BCUT2D eigenvalue weighted by Gasteiger charge is -2.34. The van der Waals surface area contributed by atoms with Crippen molar-refractivity contribution in [3.8, 4) is 12.3 Å². The maximum Gasteiger partial charge on any atom is 0.0575 e. The van der Waals surface area contributed by atoms with Crippen LogP contribution in [0.2, 0.25) is 0 Å². The number of nitrogens with one attached hydrogen (secondary N) is 1. The van der Waals surface area contributed by atoms with Gasteiger partial charge in [0.2, 0.25) is 0 Å². The molecule has 72 valence electrons. The van der Waals surface area contributed by atoms with E-state index >= 15 is 0 Å². The van der Waals surface area contributed by atoms with Gasteiger partial charge in [0, 0.05) is 12.1 Å². The first kappa shape index (κ1) is 9.05. The Hall–Kier alpha value is -0.520. The molecule has 0 aliphatic carbocycles. The molecule has 0 bridgehead atoms. The Morgan fingerprint density at radius 1 is 1.38 bits per heavy atom. The molecule has 0 aromatic rings. The van der Waals surface area contributed by atoms with Crippen LogP contribution in [0, 0.1) is 12.3 Å². The summed E-state index contributed by atoms with van der Waals surface area (Å²) < 4.78 is 0. The minimum Gasteiger partial charge on any atom is -0.303 e. The van der Waals surface area contributed by atoms with Gasteiger partial charge in [-0.2, -0.15) is 0 Å².